The number of anilines is 12. The fourth-order valence-electron chi connectivity index (χ4n) is 7.73. The van der Waals surface area contributed by atoms with Gasteiger partial charge in [-0.2, -0.15) is 0 Å². The topological polar surface area (TPSA) is 852 Å². The molecule has 0 fully saturated rings. The third-order valence-electron chi connectivity index (χ3n) is 13.5. The molecule has 0 saturated heterocycles. The van der Waals surface area contributed by atoms with E-state index >= 15 is 0 Å². The normalized spacial score (nSPS) is 11.0. The largest absolute Gasteiger partial charge is 0.382 e. The van der Waals surface area contributed by atoms with E-state index < -0.39 is 35.4 Å². The molecule has 128 heavy (non-hydrogen) atoms. The summed E-state index contributed by atoms with van der Waals surface area (Å²) in [4.78, 5) is 134. The minimum atomic E-state index is -0.647. The van der Waals surface area contributed by atoms with E-state index in [0.29, 0.717) is 52.7 Å². The van der Waals surface area contributed by atoms with Gasteiger partial charge in [0.2, 0.25) is 23.8 Å². The molecular weight excluding hydrogens is 2120 g/mol. The van der Waals surface area contributed by atoms with Crippen LogP contribution in [0.4, 0.5) is 69.8 Å². The number of hydrogen-bond donors (Lipinski definition) is 26. The zero-order valence-electron chi connectivity index (χ0n) is 68.5. The predicted molar refractivity (Wildman–Crippen MR) is 565 cm³/mol. The van der Waals surface area contributed by atoms with Gasteiger partial charge in [0.25, 0.3) is 35.4 Å². The summed E-state index contributed by atoms with van der Waals surface area (Å²) in [7, 11) is 17.9. The summed E-state index contributed by atoms with van der Waals surface area (Å²) < 4.78 is 7.78. The molecule has 68 heteroatoms. The summed E-state index contributed by atoms with van der Waals surface area (Å²) in [5.41, 5.74) is 76.1. The second kappa shape index (κ2) is 72.3. The van der Waals surface area contributed by atoms with Gasteiger partial charge in [-0.3, -0.25) is 90.6 Å². The summed E-state index contributed by atoms with van der Waals surface area (Å²) in [6.45, 7) is 9.31. The van der Waals surface area contributed by atoms with Crippen LogP contribution in [0.25, 0.3) is 0 Å². The average Bonchev–Trinajstić information content (AvgIpc) is 1.04. The second-order valence-electron chi connectivity index (χ2n) is 23.1. The molecule has 0 radical (unpaired) electrons. The van der Waals surface area contributed by atoms with E-state index in [1.807, 2.05) is 0 Å². The van der Waals surface area contributed by atoms with E-state index in [1.54, 1.807) is 12.5 Å². The highest BCUT2D eigenvalue weighted by molar-refractivity contribution is 14.0. The number of carbonyl (C=O) groups excluding carboxylic acids is 6. The number of nitrogens with one attached hydrogen (secondary N) is 12. The first-order chi connectivity index (χ1) is 59.8. The van der Waals surface area contributed by atoms with Gasteiger partial charge in [0.1, 0.15) is 0 Å². The lowest BCUT2D eigenvalue weighted by Gasteiger charge is -2.10. The van der Waals surface area contributed by atoms with Gasteiger partial charge in [-0.25, -0.2) is 64.6 Å². The fourth-order valence-corrected chi connectivity index (χ4v) is 11.4. The lowest BCUT2D eigenvalue weighted by Crippen LogP contribution is -2.38. The number of aromatic nitrogens is 12. The molecule has 40 N–H and O–H groups in total. The second-order valence-corrected chi connectivity index (χ2v) is 31.0. The van der Waals surface area contributed by atoms with Gasteiger partial charge in [-0.15, -0.1) is 24.0 Å². The fraction of sp³-hybridized carbons (Fsp3) is 0.400. The Morgan fingerprint density at radius 1 is 0.391 bits per heavy atom. The Bertz CT molecular complexity index is 4640. The number of rotatable bonds is 27. The van der Waals surface area contributed by atoms with Gasteiger partial charge in [0.15, 0.2) is 145 Å². The molecule has 6 amide bonds. The maximum Gasteiger partial charge on any atom is 0.280 e. The standard InChI is InChI=1S/C21H34Cl2N14O2P2.C9H18ClN8OP3.C9H16ClN8OP.C7H10ClN6OPS.C7H9ClN6OS.C3H10N2P2.C3H8.CH4.HI/c22-12-16(26)32-14(24)10(30-12)18(38)34-20(36-40)28-8-6-4-2-1-3-5-7-9-29-21(37-41)35-19(39)11-15(25)33-17(27)13(23)31-11;10-5-7(12)16-6(11)4(15-5)8(19)17-9(18-20)13-2-1-3-14-22-21;10-5-7(13)16-6(12)4(15-5)8(19)17-9(18-20)14-3-1-2-11;1-17-7(14-16)13-6(15)2-4(9)12-5(10)3(8)11-2;1-16-7(11)14-6(15)2-4(9)13-5(10)3(8)12-2;4-2-1-3-5-7-6;1-3-2;;/h1-9,40-41H2,(H4,24,26,32)(H4,25,27,33)(H2,28,34,36,38)(H2,29,35,37,39);14,22H,1-3,20-21H2,(H4,11,12,16)(H2,13,17,18,19);1-3,11,20H2,(H4,12,13,16)(H2,14,17,18,19);16H2,1H3,(H4,9,10,12)(H,13,14,15);1H3,(H4,9,10,13)(H2,11,14,15);1-4,6H2;3H2,1-2H3;1H4;1H. The molecule has 0 aliphatic rings. The number of guanidine groups is 4. The number of nitrogens with two attached hydrogens (primary N) is 14. The van der Waals surface area contributed by atoms with Crippen molar-refractivity contribution in [2.75, 3.05) is 134 Å². The Morgan fingerprint density at radius 3 is 0.852 bits per heavy atom. The van der Waals surface area contributed by atoms with Crippen molar-refractivity contribution < 1.29 is 28.8 Å². The van der Waals surface area contributed by atoms with Crippen LogP contribution in [0.15, 0.2) is 29.5 Å². The number of amidine groups is 2. The zero-order valence-corrected chi connectivity index (χ0v) is 87.0. The molecule has 8 atom stereocenters. The van der Waals surface area contributed by atoms with Crippen LogP contribution in [0, 0.1) is 5.41 Å². The van der Waals surface area contributed by atoms with Crippen molar-refractivity contribution in [1.29, 1.82) is 5.41 Å². The van der Waals surface area contributed by atoms with Gasteiger partial charge < -0.3 is 106 Å². The van der Waals surface area contributed by atoms with Crippen molar-refractivity contribution >= 4 is 338 Å². The molecule has 0 aliphatic heterocycles. The third-order valence-corrected chi connectivity index (χ3v) is 19.8. The van der Waals surface area contributed by atoms with E-state index in [-0.39, 0.29) is 195 Å². The maximum absolute atomic E-state index is 12.4. The minimum absolute atomic E-state index is 0. The Hall–Kier alpha value is -7.29. The average molecular weight is 2230 g/mol. The Balaban J connectivity index is -0.00000155. The lowest BCUT2D eigenvalue weighted by molar-refractivity contribution is 0.0963. The van der Waals surface area contributed by atoms with E-state index in [9.17, 15) is 28.8 Å². The van der Waals surface area contributed by atoms with E-state index in [4.69, 9.17) is 155 Å². The summed E-state index contributed by atoms with van der Waals surface area (Å²) in [5.74, 6) is -3.53. The maximum atomic E-state index is 12.4. The van der Waals surface area contributed by atoms with Crippen LogP contribution in [0.5, 0.6) is 0 Å². The van der Waals surface area contributed by atoms with Crippen molar-refractivity contribution in [2.24, 2.45) is 40.9 Å². The number of nitrogens with zero attached hydrogens (tertiary/aromatic N) is 18. The Kier molecular flexibility index (Phi) is 70.6. The molecule has 0 bridgehead atoms. The molecule has 6 rings (SSSR count). The van der Waals surface area contributed by atoms with E-state index in [2.05, 4.69) is 225 Å². The SMILES string of the molecule is C.CCC.CSC(=N)NC(=O)c1nc(Cl)c(N)nc1N.CSC(=NP)NC(=O)c1nc(Cl)c(N)nc1N.I.NCCCN=C(NP)NC(=O)c1nc(Cl)c(N)nc1N.NCCCN=PP.Nc1nc(N)c(C(=O)NC(=NCCCCCCCCCN=C(NP)NC(=O)c2nc(Cl)c(N)nc2N)NP)nc1Cl.Nc1nc(N)c(C(=O)NC(=NCCCNPP)NP)nc1Cl. The molecule has 50 nitrogen and oxygen atoms in total. The number of carbonyl (C=O) groups is 6. The van der Waals surface area contributed by atoms with Gasteiger partial charge in [-0.05, 0) is 113 Å². The van der Waals surface area contributed by atoms with Crippen LogP contribution in [-0.4, -0.2) is 194 Å². The first kappa shape index (κ1) is 125. The van der Waals surface area contributed by atoms with Crippen LogP contribution in [-0.2, 0) is 0 Å². The van der Waals surface area contributed by atoms with Crippen LogP contribution < -0.4 is 138 Å². The number of thioether (sulfide) groups is 2. The Labute approximate surface area is 814 Å². The van der Waals surface area contributed by atoms with Crippen molar-refractivity contribution in [1.82, 2.24) is 117 Å². The van der Waals surface area contributed by atoms with Crippen LogP contribution in [0.1, 0.15) is 155 Å². The molecule has 0 aromatic carbocycles. The highest BCUT2D eigenvalue weighted by Gasteiger charge is 2.24. The monoisotopic (exact) mass is 2220 g/mol. The highest BCUT2D eigenvalue weighted by Crippen LogP contribution is 2.24. The predicted octanol–water partition coefficient (Wildman–Crippen LogP) is 5.28. The smallest absolute Gasteiger partial charge is 0.280 e. The molecule has 712 valence electrons. The quantitative estimate of drug-likeness (QED) is 0.0103. The van der Waals surface area contributed by atoms with Gasteiger partial charge in [0, 0.05) is 47.3 Å². The van der Waals surface area contributed by atoms with Crippen molar-refractivity contribution in [3.63, 3.8) is 0 Å². The molecule has 0 aliphatic carbocycles. The number of aliphatic imine (C=N–C) groups is 4. The number of amides is 6. The number of halogens is 7. The molecule has 6 heterocycles. The molecule has 6 aromatic heterocycles. The van der Waals surface area contributed by atoms with Crippen molar-refractivity contribution in [2.45, 2.75) is 91.9 Å². The third kappa shape index (κ3) is 50.4. The molecule has 6 aromatic rings. The van der Waals surface area contributed by atoms with Gasteiger partial charge in [-0.1, -0.05) is 171 Å². The zero-order chi connectivity index (χ0) is 95.6. The lowest BCUT2D eigenvalue weighted by atomic mass is 10.1. The number of hydrogen-bond acceptors (Lipinski definition) is 42. The van der Waals surface area contributed by atoms with Gasteiger partial charge in [0.05, 0.1) is 0 Å². The van der Waals surface area contributed by atoms with Crippen LogP contribution in [0.3, 0.4) is 0 Å². The molecule has 0 saturated carbocycles. The van der Waals surface area contributed by atoms with Gasteiger partial charge >= 0.3 is 0 Å². The first-order valence-electron chi connectivity index (χ1n) is 35.9. The molecule has 0 spiro atoms. The molecule has 8 unspecified atom stereocenters. The van der Waals surface area contributed by atoms with Crippen LogP contribution in [0.2, 0.25) is 30.9 Å². The van der Waals surface area contributed by atoms with E-state index in [0.717, 1.165) is 97.2 Å². The number of unbranched alkanes of at least 4 members (excludes halogenated alkanes) is 6. The van der Waals surface area contributed by atoms with E-state index in [1.165, 1.54) is 18.2 Å². The highest BCUT2D eigenvalue weighted by atomic mass is 127. The van der Waals surface area contributed by atoms with Crippen LogP contribution >= 0.6 is 198 Å². The summed E-state index contributed by atoms with van der Waals surface area (Å²) >= 11 is 36.7. The molecular formula is C60H110Cl6IN44O6P9S2. The first-order valence-corrected chi connectivity index (χ1v) is 48.7. The number of nitrogen functional groups attached to an aromatic ring is 12. The minimum Gasteiger partial charge on any atom is -0.382 e. The summed E-state index contributed by atoms with van der Waals surface area (Å²) in [6, 6.07) is 0. The summed E-state index contributed by atoms with van der Waals surface area (Å²) in [6.07, 6.45) is 14.0. The van der Waals surface area contributed by atoms with Crippen molar-refractivity contribution in [3.8, 4) is 0 Å². The Morgan fingerprint density at radius 2 is 0.625 bits per heavy atom. The summed E-state index contributed by atoms with van der Waals surface area (Å²) in [5, 5.41) is 36.0. The van der Waals surface area contributed by atoms with Crippen molar-refractivity contribution in [3.05, 3.63) is 65.1 Å².